The van der Waals surface area contributed by atoms with E-state index in [1.54, 1.807) is 0 Å². The number of benzene rings is 1. The van der Waals surface area contributed by atoms with Crippen LogP contribution < -0.4 is 0 Å². The number of ether oxygens (including phenoxy) is 1. The van der Waals surface area contributed by atoms with E-state index in [1.807, 2.05) is 19.2 Å². The molecule has 0 aromatic heterocycles. The lowest BCUT2D eigenvalue weighted by molar-refractivity contribution is 0.0959. The Morgan fingerprint density at radius 2 is 2.05 bits per heavy atom. The average molecular weight is 309 g/mol. The molecule has 2 heterocycles. The minimum Gasteiger partial charge on any atom is -0.384 e. The quantitative estimate of drug-likeness (QED) is 0.850. The lowest BCUT2D eigenvalue weighted by Gasteiger charge is -2.30. The summed E-state index contributed by atoms with van der Waals surface area (Å²) in [5, 5.41) is 0.814. The largest absolute Gasteiger partial charge is 0.384 e. The topological polar surface area (TPSA) is 15.7 Å². The van der Waals surface area contributed by atoms with Gasteiger partial charge in [0.05, 0.1) is 6.61 Å². The Bertz CT molecular complexity index is 478. The third-order valence-corrected chi connectivity index (χ3v) is 5.39. The van der Waals surface area contributed by atoms with Crippen molar-refractivity contribution in [2.24, 2.45) is 11.3 Å². The number of halogens is 1. The van der Waals surface area contributed by atoms with Gasteiger partial charge in [0.2, 0.25) is 0 Å². The van der Waals surface area contributed by atoms with Crippen LogP contribution in [0.4, 0.5) is 0 Å². The number of rotatable bonds is 4. The fourth-order valence-corrected chi connectivity index (χ4v) is 4.29. The molecule has 2 fully saturated rings. The van der Waals surface area contributed by atoms with Gasteiger partial charge >= 0.3 is 0 Å². The predicted molar refractivity (Wildman–Crippen MR) is 86.6 cm³/mol. The second-order valence-electron chi connectivity index (χ2n) is 6.80. The first-order chi connectivity index (χ1) is 10.1. The third kappa shape index (κ3) is 3.26. The van der Waals surface area contributed by atoms with Crippen molar-refractivity contribution in [3.05, 3.63) is 34.9 Å². The molecule has 3 rings (SSSR count). The van der Waals surface area contributed by atoms with E-state index in [9.17, 15) is 0 Å². The molecule has 0 saturated carbocycles. The molecule has 0 amide bonds. The van der Waals surface area contributed by atoms with Gasteiger partial charge in [0.15, 0.2) is 0 Å². The Hall–Kier alpha value is -0.610. The summed E-state index contributed by atoms with van der Waals surface area (Å²) in [5.74, 6) is 0.669. The lowest BCUT2D eigenvalue weighted by atomic mass is 9.78. The standard InChI is InChI=1S/C17H25ClN2O/c1-19-10-15(11-21-2)17(12-19)7-8-20(13-17)9-14-3-5-16(18)6-4-14/h3-6,15H,7-13H2,1-2H3/t15-,17-/m1/s1. The van der Waals surface area contributed by atoms with Crippen molar-refractivity contribution in [1.82, 2.24) is 9.80 Å². The van der Waals surface area contributed by atoms with Crippen LogP contribution in [-0.4, -0.2) is 56.7 Å². The highest BCUT2D eigenvalue weighted by atomic mass is 35.5. The monoisotopic (exact) mass is 308 g/mol. The van der Waals surface area contributed by atoms with Crippen molar-refractivity contribution in [3.63, 3.8) is 0 Å². The van der Waals surface area contributed by atoms with E-state index in [1.165, 1.54) is 38.2 Å². The maximum atomic E-state index is 5.96. The van der Waals surface area contributed by atoms with Crippen molar-refractivity contribution in [2.45, 2.75) is 13.0 Å². The van der Waals surface area contributed by atoms with Crippen LogP contribution in [0.2, 0.25) is 5.02 Å². The summed E-state index contributed by atoms with van der Waals surface area (Å²) in [6.45, 7) is 6.67. The smallest absolute Gasteiger partial charge is 0.0509 e. The summed E-state index contributed by atoms with van der Waals surface area (Å²) in [6.07, 6.45) is 1.29. The zero-order valence-corrected chi connectivity index (χ0v) is 13.8. The molecule has 2 aliphatic heterocycles. The first-order valence-corrected chi connectivity index (χ1v) is 8.13. The van der Waals surface area contributed by atoms with Crippen LogP contribution in [0.25, 0.3) is 0 Å². The van der Waals surface area contributed by atoms with E-state index in [-0.39, 0.29) is 0 Å². The van der Waals surface area contributed by atoms with Crippen molar-refractivity contribution < 1.29 is 4.74 Å². The maximum absolute atomic E-state index is 5.96. The van der Waals surface area contributed by atoms with Gasteiger partial charge in [0.1, 0.15) is 0 Å². The molecule has 1 aromatic carbocycles. The van der Waals surface area contributed by atoms with Gasteiger partial charge in [0.25, 0.3) is 0 Å². The van der Waals surface area contributed by atoms with Crippen LogP contribution in [0.1, 0.15) is 12.0 Å². The minimum absolute atomic E-state index is 0.428. The molecule has 2 saturated heterocycles. The summed E-state index contributed by atoms with van der Waals surface area (Å²) in [4.78, 5) is 5.06. The fraction of sp³-hybridized carbons (Fsp3) is 0.647. The molecule has 4 heteroatoms. The van der Waals surface area contributed by atoms with E-state index in [2.05, 4.69) is 29.0 Å². The number of nitrogens with zero attached hydrogens (tertiary/aromatic N) is 2. The lowest BCUT2D eigenvalue weighted by Crippen LogP contribution is -2.36. The zero-order valence-electron chi connectivity index (χ0n) is 13.0. The van der Waals surface area contributed by atoms with Crippen LogP contribution in [0.3, 0.4) is 0 Å². The number of likely N-dealkylation sites (tertiary alicyclic amines) is 2. The molecular weight excluding hydrogens is 284 g/mol. The highest BCUT2D eigenvalue weighted by molar-refractivity contribution is 6.30. The molecule has 2 atom stereocenters. The van der Waals surface area contributed by atoms with E-state index in [0.29, 0.717) is 11.3 Å². The second kappa shape index (κ2) is 6.25. The van der Waals surface area contributed by atoms with Gasteiger partial charge in [-0.15, -0.1) is 0 Å². The minimum atomic E-state index is 0.428. The summed E-state index contributed by atoms with van der Waals surface area (Å²) in [7, 11) is 4.06. The molecule has 0 aliphatic carbocycles. The molecule has 0 unspecified atom stereocenters. The molecule has 116 valence electrons. The summed E-state index contributed by atoms with van der Waals surface area (Å²) < 4.78 is 5.47. The number of methoxy groups -OCH3 is 1. The van der Waals surface area contributed by atoms with E-state index in [0.717, 1.165) is 18.2 Å². The molecule has 0 radical (unpaired) electrons. The fourth-order valence-electron chi connectivity index (χ4n) is 4.16. The molecule has 0 N–H and O–H groups in total. The SMILES string of the molecule is COC[C@H]1CN(C)C[C@@]12CCN(Cc1ccc(Cl)cc1)C2. The van der Waals surface area contributed by atoms with Gasteiger partial charge in [-0.2, -0.15) is 0 Å². The Morgan fingerprint density at radius 1 is 1.29 bits per heavy atom. The Balaban J connectivity index is 1.65. The molecule has 3 nitrogen and oxygen atoms in total. The first kappa shape index (κ1) is 15.3. The zero-order chi connectivity index (χ0) is 14.9. The van der Waals surface area contributed by atoms with Gasteiger partial charge in [-0.1, -0.05) is 23.7 Å². The Labute approximate surface area is 132 Å². The van der Waals surface area contributed by atoms with Gasteiger partial charge in [-0.25, -0.2) is 0 Å². The Morgan fingerprint density at radius 3 is 2.76 bits per heavy atom. The molecular formula is C17H25ClN2O. The summed E-state index contributed by atoms with van der Waals surface area (Å²) >= 11 is 5.96. The predicted octanol–water partition coefficient (Wildman–Crippen LogP) is 2.74. The van der Waals surface area contributed by atoms with E-state index < -0.39 is 0 Å². The van der Waals surface area contributed by atoms with Gasteiger partial charge in [-0.05, 0) is 37.7 Å². The van der Waals surface area contributed by atoms with Crippen molar-refractivity contribution in [3.8, 4) is 0 Å². The molecule has 0 bridgehead atoms. The third-order valence-electron chi connectivity index (χ3n) is 5.13. The van der Waals surface area contributed by atoms with Crippen molar-refractivity contribution in [1.29, 1.82) is 0 Å². The second-order valence-corrected chi connectivity index (χ2v) is 7.23. The van der Waals surface area contributed by atoms with Crippen LogP contribution in [0, 0.1) is 11.3 Å². The normalized spacial score (nSPS) is 30.5. The summed E-state index contributed by atoms with van der Waals surface area (Å²) in [5.41, 5.74) is 1.78. The van der Waals surface area contributed by atoms with Crippen LogP contribution in [-0.2, 0) is 11.3 Å². The number of hydrogen-bond acceptors (Lipinski definition) is 3. The maximum Gasteiger partial charge on any atom is 0.0509 e. The number of hydrogen-bond donors (Lipinski definition) is 0. The van der Waals surface area contributed by atoms with Gasteiger partial charge in [-0.3, -0.25) is 4.90 Å². The van der Waals surface area contributed by atoms with Gasteiger partial charge < -0.3 is 9.64 Å². The highest BCUT2D eigenvalue weighted by Gasteiger charge is 2.49. The van der Waals surface area contributed by atoms with Crippen LogP contribution in [0.5, 0.6) is 0 Å². The van der Waals surface area contributed by atoms with Crippen LogP contribution >= 0.6 is 11.6 Å². The van der Waals surface area contributed by atoms with Crippen molar-refractivity contribution in [2.75, 3.05) is 46.9 Å². The summed E-state index contributed by atoms with van der Waals surface area (Å²) in [6, 6.07) is 8.25. The Kier molecular flexibility index (Phi) is 4.55. The highest BCUT2D eigenvalue weighted by Crippen LogP contribution is 2.43. The van der Waals surface area contributed by atoms with E-state index in [4.69, 9.17) is 16.3 Å². The van der Waals surface area contributed by atoms with E-state index >= 15 is 0 Å². The first-order valence-electron chi connectivity index (χ1n) is 7.76. The molecule has 2 aliphatic rings. The van der Waals surface area contributed by atoms with Gasteiger partial charge in [0, 0.05) is 49.6 Å². The van der Waals surface area contributed by atoms with Crippen molar-refractivity contribution >= 4 is 11.6 Å². The average Bonchev–Trinajstić information content (AvgIpc) is 2.98. The molecule has 1 aromatic rings. The molecule has 1 spiro atoms. The molecule has 21 heavy (non-hydrogen) atoms. The van der Waals surface area contributed by atoms with Crippen LogP contribution in [0.15, 0.2) is 24.3 Å².